The van der Waals surface area contributed by atoms with Crippen LogP contribution >= 0.6 is 0 Å². The third-order valence-electron chi connectivity index (χ3n) is 2.74. The molecule has 0 saturated heterocycles. The number of nitrogens with zero attached hydrogens (tertiary/aromatic N) is 4. The van der Waals surface area contributed by atoms with Gasteiger partial charge < -0.3 is 9.67 Å². The molecule has 0 aliphatic heterocycles. The van der Waals surface area contributed by atoms with Crippen molar-refractivity contribution >= 4 is 10.0 Å². The summed E-state index contributed by atoms with van der Waals surface area (Å²) in [6, 6.07) is 1.50. The molecule has 0 amide bonds. The van der Waals surface area contributed by atoms with Crippen molar-refractivity contribution in [2.45, 2.75) is 37.9 Å². The van der Waals surface area contributed by atoms with E-state index in [0.717, 1.165) is 0 Å². The highest BCUT2D eigenvalue weighted by atomic mass is 32.2. The molecule has 0 fully saturated rings. The van der Waals surface area contributed by atoms with Gasteiger partial charge in [-0.05, 0) is 19.9 Å². The Kier molecular flexibility index (Phi) is 4.16. The summed E-state index contributed by atoms with van der Waals surface area (Å²) in [6.45, 7) is 3.53. The Morgan fingerprint density at radius 1 is 1.50 bits per heavy atom. The number of sulfonamides is 1. The monoisotopic (exact) mass is 300 g/mol. The molecule has 2 aromatic rings. The van der Waals surface area contributed by atoms with Crippen LogP contribution in [0.15, 0.2) is 17.2 Å². The van der Waals surface area contributed by atoms with E-state index >= 15 is 0 Å². The molecule has 0 atom stereocenters. The second-order valence-corrected chi connectivity index (χ2v) is 6.25. The Morgan fingerprint density at radius 2 is 2.25 bits per heavy atom. The SMILES string of the molecule is CC(C)n1cc(S(=O)(=O)NCc2nn[nH]n2)cc1CO. The first-order valence-electron chi connectivity index (χ1n) is 5.97. The summed E-state index contributed by atoms with van der Waals surface area (Å²) in [7, 11) is -3.69. The molecule has 20 heavy (non-hydrogen) atoms. The Balaban J connectivity index is 2.21. The van der Waals surface area contributed by atoms with Gasteiger partial charge in [-0.3, -0.25) is 0 Å². The van der Waals surface area contributed by atoms with Gasteiger partial charge in [0, 0.05) is 17.9 Å². The van der Waals surface area contributed by atoms with Gasteiger partial charge in [0.05, 0.1) is 18.0 Å². The molecule has 110 valence electrons. The lowest BCUT2D eigenvalue weighted by molar-refractivity contribution is 0.268. The molecule has 0 bridgehead atoms. The number of aromatic nitrogens is 5. The van der Waals surface area contributed by atoms with Crippen LogP contribution in [-0.2, 0) is 23.2 Å². The zero-order chi connectivity index (χ0) is 14.8. The van der Waals surface area contributed by atoms with Gasteiger partial charge in [-0.2, -0.15) is 5.21 Å². The number of rotatable bonds is 6. The number of nitrogens with one attached hydrogen (secondary N) is 2. The molecule has 0 unspecified atom stereocenters. The van der Waals surface area contributed by atoms with Crippen molar-refractivity contribution in [3.8, 4) is 0 Å². The molecular formula is C10H16N6O3S. The minimum absolute atomic E-state index is 0.0540. The van der Waals surface area contributed by atoms with Crippen molar-refractivity contribution in [2.75, 3.05) is 0 Å². The van der Waals surface area contributed by atoms with Crippen LogP contribution in [-0.4, -0.2) is 38.7 Å². The van der Waals surface area contributed by atoms with E-state index < -0.39 is 10.0 Å². The van der Waals surface area contributed by atoms with Gasteiger partial charge in [0.25, 0.3) is 0 Å². The largest absolute Gasteiger partial charge is 0.390 e. The highest BCUT2D eigenvalue weighted by Crippen LogP contribution is 2.19. The van der Waals surface area contributed by atoms with Crippen LogP contribution in [0.3, 0.4) is 0 Å². The van der Waals surface area contributed by atoms with E-state index in [1.54, 1.807) is 4.57 Å². The number of hydrogen-bond acceptors (Lipinski definition) is 6. The van der Waals surface area contributed by atoms with E-state index in [-0.39, 0.29) is 29.9 Å². The maximum atomic E-state index is 12.1. The topological polar surface area (TPSA) is 126 Å². The van der Waals surface area contributed by atoms with Crippen molar-refractivity contribution in [1.82, 2.24) is 29.9 Å². The predicted octanol–water partition coefficient (Wildman–Crippen LogP) is -0.447. The summed E-state index contributed by atoms with van der Waals surface area (Å²) in [6.07, 6.45) is 1.49. The van der Waals surface area contributed by atoms with Gasteiger partial charge in [-0.1, -0.05) is 5.21 Å². The molecule has 0 radical (unpaired) electrons. The Morgan fingerprint density at radius 3 is 2.75 bits per heavy atom. The van der Waals surface area contributed by atoms with E-state index in [9.17, 15) is 13.5 Å². The summed E-state index contributed by atoms with van der Waals surface area (Å²) in [5.74, 6) is 0.249. The maximum absolute atomic E-state index is 12.1. The van der Waals surface area contributed by atoms with Crippen LogP contribution in [0.2, 0.25) is 0 Å². The van der Waals surface area contributed by atoms with Crippen LogP contribution in [0.4, 0.5) is 0 Å². The van der Waals surface area contributed by atoms with Crippen molar-refractivity contribution in [3.05, 3.63) is 23.8 Å². The minimum Gasteiger partial charge on any atom is -0.390 e. The summed E-state index contributed by atoms with van der Waals surface area (Å²) in [5, 5.41) is 22.2. The standard InChI is InChI=1S/C10H16N6O3S/c1-7(2)16-5-9(3-8(16)6-17)20(18,19)11-4-10-12-14-15-13-10/h3,5,7,11,17H,4,6H2,1-2H3,(H,12,13,14,15). The normalized spacial score (nSPS) is 12.2. The van der Waals surface area contributed by atoms with Crippen molar-refractivity contribution in [2.24, 2.45) is 0 Å². The zero-order valence-electron chi connectivity index (χ0n) is 11.1. The van der Waals surface area contributed by atoms with Gasteiger partial charge >= 0.3 is 0 Å². The third kappa shape index (κ3) is 3.03. The first kappa shape index (κ1) is 14.6. The number of hydrogen-bond donors (Lipinski definition) is 3. The maximum Gasteiger partial charge on any atom is 0.242 e. The molecule has 0 spiro atoms. The van der Waals surface area contributed by atoms with Crippen LogP contribution in [0.5, 0.6) is 0 Å². The van der Waals surface area contributed by atoms with Gasteiger partial charge in [0.1, 0.15) is 0 Å². The third-order valence-corrected chi connectivity index (χ3v) is 4.11. The predicted molar refractivity (Wildman–Crippen MR) is 68.9 cm³/mol. The van der Waals surface area contributed by atoms with Crippen molar-refractivity contribution < 1.29 is 13.5 Å². The molecule has 10 heteroatoms. The molecular weight excluding hydrogens is 284 g/mol. The van der Waals surface area contributed by atoms with Crippen molar-refractivity contribution in [3.63, 3.8) is 0 Å². The van der Waals surface area contributed by atoms with Crippen LogP contribution in [0, 0.1) is 0 Å². The molecule has 2 heterocycles. The van der Waals surface area contributed by atoms with Gasteiger partial charge in [-0.15, -0.1) is 10.2 Å². The molecule has 9 nitrogen and oxygen atoms in total. The average molecular weight is 300 g/mol. The van der Waals surface area contributed by atoms with E-state index in [0.29, 0.717) is 5.69 Å². The van der Waals surface area contributed by atoms with E-state index in [1.165, 1.54) is 12.3 Å². The first-order chi connectivity index (χ1) is 9.44. The van der Waals surface area contributed by atoms with Crippen LogP contribution in [0.25, 0.3) is 0 Å². The number of aliphatic hydroxyl groups is 1. The number of H-pyrrole nitrogens is 1. The van der Waals surface area contributed by atoms with E-state index in [1.807, 2.05) is 13.8 Å². The van der Waals surface area contributed by atoms with E-state index in [4.69, 9.17) is 0 Å². The lowest BCUT2D eigenvalue weighted by Crippen LogP contribution is -2.23. The second-order valence-electron chi connectivity index (χ2n) is 4.48. The highest BCUT2D eigenvalue weighted by molar-refractivity contribution is 7.89. The summed E-state index contributed by atoms with van der Waals surface area (Å²) in [5.41, 5.74) is 0.542. The molecule has 3 N–H and O–H groups in total. The van der Waals surface area contributed by atoms with E-state index in [2.05, 4.69) is 25.3 Å². The minimum atomic E-state index is -3.69. The van der Waals surface area contributed by atoms with Gasteiger partial charge in [0.2, 0.25) is 10.0 Å². The Bertz CT molecular complexity index is 661. The first-order valence-corrected chi connectivity index (χ1v) is 7.46. The van der Waals surface area contributed by atoms with Crippen LogP contribution < -0.4 is 4.72 Å². The molecule has 0 saturated carbocycles. The highest BCUT2D eigenvalue weighted by Gasteiger charge is 2.19. The fraction of sp³-hybridized carbons (Fsp3) is 0.500. The van der Waals surface area contributed by atoms with Crippen LogP contribution in [0.1, 0.15) is 31.4 Å². The summed E-state index contributed by atoms with van der Waals surface area (Å²) in [4.78, 5) is 0.0961. The molecule has 2 aromatic heterocycles. The average Bonchev–Trinajstić information content (AvgIpc) is 3.05. The lowest BCUT2D eigenvalue weighted by Gasteiger charge is -2.10. The van der Waals surface area contributed by atoms with Crippen molar-refractivity contribution in [1.29, 1.82) is 0 Å². The molecule has 0 aromatic carbocycles. The van der Waals surface area contributed by atoms with Gasteiger partial charge in [-0.25, -0.2) is 13.1 Å². The number of tetrazole rings is 1. The molecule has 2 rings (SSSR count). The lowest BCUT2D eigenvalue weighted by atomic mass is 10.3. The number of aromatic amines is 1. The summed E-state index contributed by atoms with van der Waals surface area (Å²) < 4.78 is 28.4. The second kappa shape index (κ2) is 5.69. The zero-order valence-corrected chi connectivity index (χ0v) is 11.9. The Labute approximate surface area is 116 Å². The molecule has 0 aliphatic carbocycles. The van der Waals surface area contributed by atoms with Gasteiger partial charge in [0.15, 0.2) is 5.82 Å². The fourth-order valence-corrected chi connectivity index (χ4v) is 2.78. The quantitative estimate of drug-likeness (QED) is 0.663. The fourth-order valence-electron chi connectivity index (χ4n) is 1.75. The number of aliphatic hydroxyl groups excluding tert-OH is 1. The Hall–Kier alpha value is -1.78. The summed E-state index contributed by atoms with van der Waals surface area (Å²) >= 11 is 0. The smallest absolute Gasteiger partial charge is 0.242 e. The molecule has 0 aliphatic rings.